The van der Waals surface area contributed by atoms with Crippen LogP contribution in [0.4, 0.5) is 5.69 Å². The van der Waals surface area contributed by atoms with Crippen LogP contribution in [-0.2, 0) is 9.59 Å². The molecule has 0 atom stereocenters. The summed E-state index contributed by atoms with van der Waals surface area (Å²) in [6.07, 6.45) is 4.36. The third-order valence-corrected chi connectivity index (χ3v) is 3.20. The molecule has 21 heavy (non-hydrogen) atoms. The molecule has 0 spiro atoms. The topological polar surface area (TPSA) is 71.3 Å². The highest BCUT2D eigenvalue weighted by atomic mass is 79.9. The minimum absolute atomic E-state index is 0.108. The second-order valence-electron chi connectivity index (χ2n) is 4.09. The number of nitrogens with one attached hydrogen (secondary N) is 2. The molecule has 2 aromatic rings. The molecule has 2 N–H and O–H groups in total. The predicted octanol–water partition coefficient (Wildman–Crippen LogP) is 2.81. The molecule has 108 valence electrons. The summed E-state index contributed by atoms with van der Waals surface area (Å²) in [6, 6.07) is 10.7. The van der Waals surface area contributed by atoms with Gasteiger partial charge in [0.15, 0.2) is 0 Å². The Balaban J connectivity index is 1.79. The van der Waals surface area contributed by atoms with E-state index >= 15 is 0 Å². The number of furan rings is 1. The summed E-state index contributed by atoms with van der Waals surface area (Å²) in [6.45, 7) is -0.108. The zero-order valence-corrected chi connectivity index (χ0v) is 12.6. The zero-order valence-electron chi connectivity index (χ0n) is 11.0. The molecule has 0 radical (unpaired) electrons. The molecular weight excluding hydrogens is 336 g/mol. The molecule has 0 aliphatic carbocycles. The maximum atomic E-state index is 11.7. The molecular formula is C15H13BrN2O3. The first kappa shape index (κ1) is 15.1. The average Bonchev–Trinajstić information content (AvgIpc) is 2.99. The van der Waals surface area contributed by atoms with Crippen molar-refractivity contribution < 1.29 is 14.0 Å². The van der Waals surface area contributed by atoms with Crippen LogP contribution in [0.15, 0.2) is 57.6 Å². The first-order valence-electron chi connectivity index (χ1n) is 6.19. The van der Waals surface area contributed by atoms with Gasteiger partial charge in [0, 0.05) is 10.5 Å². The highest BCUT2D eigenvalue weighted by Gasteiger charge is 2.06. The van der Waals surface area contributed by atoms with E-state index in [4.69, 9.17) is 4.42 Å². The van der Waals surface area contributed by atoms with Crippen molar-refractivity contribution in [3.05, 3.63) is 59.0 Å². The molecule has 1 heterocycles. The lowest BCUT2D eigenvalue weighted by Gasteiger charge is -2.07. The van der Waals surface area contributed by atoms with Crippen LogP contribution >= 0.6 is 15.9 Å². The molecule has 5 nitrogen and oxygen atoms in total. The zero-order chi connectivity index (χ0) is 15.1. The smallest absolute Gasteiger partial charge is 0.244 e. The number of anilines is 1. The Morgan fingerprint density at radius 2 is 2.00 bits per heavy atom. The number of rotatable bonds is 5. The van der Waals surface area contributed by atoms with E-state index in [-0.39, 0.29) is 18.4 Å². The van der Waals surface area contributed by atoms with Crippen molar-refractivity contribution >= 4 is 39.5 Å². The van der Waals surface area contributed by atoms with Crippen molar-refractivity contribution in [2.24, 2.45) is 0 Å². The van der Waals surface area contributed by atoms with Crippen LogP contribution in [0.2, 0.25) is 0 Å². The molecule has 0 bridgehead atoms. The highest BCUT2D eigenvalue weighted by Crippen LogP contribution is 2.20. The lowest BCUT2D eigenvalue weighted by Crippen LogP contribution is -2.31. The van der Waals surface area contributed by atoms with E-state index in [1.54, 1.807) is 18.2 Å². The first-order valence-corrected chi connectivity index (χ1v) is 6.98. The monoisotopic (exact) mass is 348 g/mol. The number of carbonyl (C=O) groups is 2. The van der Waals surface area contributed by atoms with E-state index in [1.807, 2.05) is 18.2 Å². The van der Waals surface area contributed by atoms with Crippen molar-refractivity contribution in [2.45, 2.75) is 0 Å². The standard InChI is InChI=1S/C15H13BrN2O3/c16-12-5-1-2-6-13(12)18-15(20)10-17-14(19)8-7-11-4-3-9-21-11/h1-9H,10H2,(H,17,19)(H,18,20). The quantitative estimate of drug-likeness (QED) is 0.816. The van der Waals surface area contributed by atoms with Crippen LogP contribution in [0.5, 0.6) is 0 Å². The SMILES string of the molecule is O=C(C=Cc1ccco1)NCC(=O)Nc1ccccc1Br. The highest BCUT2D eigenvalue weighted by molar-refractivity contribution is 9.10. The van der Waals surface area contributed by atoms with Gasteiger partial charge in [-0.15, -0.1) is 0 Å². The van der Waals surface area contributed by atoms with Crippen LogP contribution in [0.3, 0.4) is 0 Å². The number of benzene rings is 1. The maximum absolute atomic E-state index is 11.7. The van der Waals surface area contributed by atoms with Gasteiger partial charge in [-0.25, -0.2) is 0 Å². The largest absolute Gasteiger partial charge is 0.465 e. The van der Waals surface area contributed by atoms with Gasteiger partial charge in [0.1, 0.15) is 5.76 Å². The van der Waals surface area contributed by atoms with E-state index in [1.165, 1.54) is 18.4 Å². The van der Waals surface area contributed by atoms with Crippen molar-refractivity contribution in [3.63, 3.8) is 0 Å². The van der Waals surface area contributed by atoms with Gasteiger partial charge in [-0.2, -0.15) is 0 Å². The van der Waals surface area contributed by atoms with Crippen molar-refractivity contribution in [2.75, 3.05) is 11.9 Å². The summed E-state index contributed by atoms with van der Waals surface area (Å²) in [5.41, 5.74) is 0.655. The summed E-state index contributed by atoms with van der Waals surface area (Å²) in [5.74, 6) is -0.0989. The van der Waals surface area contributed by atoms with Crippen molar-refractivity contribution in [1.82, 2.24) is 5.32 Å². The molecule has 2 amide bonds. The van der Waals surface area contributed by atoms with Gasteiger partial charge in [-0.3, -0.25) is 9.59 Å². The van der Waals surface area contributed by atoms with Crippen molar-refractivity contribution in [1.29, 1.82) is 0 Å². The number of para-hydroxylation sites is 1. The minimum Gasteiger partial charge on any atom is -0.465 e. The van der Waals surface area contributed by atoms with Crippen LogP contribution in [0.25, 0.3) is 6.08 Å². The number of hydrogen-bond donors (Lipinski definition) is 2. The molecule has 0 saturated carbocycles. The second-order valence-corrected chi connectivity index (χ2v) is 4.95. The average molecular weight is 349 g/mol. The molecule has 6 heteroatoms. The van der Waals surface area contributed by atoms with Gasteiger partial charge in [0.25, 0.3) is 0 Å². The van der Waals surface area contributed by atoms with E-state index < -0.39 is 0 Å². The molecule has 2 rings (SSSR count). The summed E-state index contributed by atoms with van der Waals surface area (Å²) >= 11 is 3.33. The lowest BCUT2D eigenvalue weighted by molar-refractivity contribution is -0.121. The van der Waals surface area contributed by atoms with Crippen LogP contribution in [-0.4, -0.2) is 18.4 Å². The Kier molecular flexibility index (Phi) is 5.34. The van der Waals surface area contributed by atoms with E-state index in [0.29, 0.717) is 11.4 Å². The molecule has 0 saturated heterocycles. The summed E-state index contributed by atoms with van der Waals surface area (Å²) in [5, 5.41) is 5.18. The molecule has 0 aliphatic heterocycles. The molecule has 0 aliphatic rings. The normalized spacial score (nSPS) is 10.5. The Morgan fingerprint density at radius 3 is 2.71 bits per heavy atom. The van der Waals surface area contributed by atoms with Crippen molar-refractivity contribution in [3.8, 4) is 0 Å². The van der Waals surface area contributed by atoms with Gasteiger partial charge < -0.3 is 15.1 Å². The summed E-state index contributed by atoms with van der Waals surface area (Å²) < 4.78 is 5.83. The van der Waals surface area contributed by atoms with E-state index in [2.05, 4.69) is 26.6 Å². The first-order chi connectivity index (χ1) is 10.1. The second kappa shape index (κ2) is 7.44. The van der Waals surface area contributed by atoms with Crippen LogP contribution in [0.1, 0.15) is 5.76 Å². The van der Waals surface area contributed by atoms with Crippen LogP contribution in [0, 0.1) is 0 Å². The molecule has 1 aromatic carbocycles. The minimum atomic E-state index is -0.367. The Bertz CT molecular complexity index is 651. The Labute approximate surface area is 130 Å². The van der Waals surface area contributed by atoms with Gasteiger partial charge in [0.05, 0.1) is 18.5 Å². The van der Waals surface area contributed by atoms with E-state index in [9.17, 15) is 9.59 Å². The third kappa shape index (κ3) is 4.92. The lowest BCUT2D eigenvalue weighted by atomic mass is 10.3. The fourth-order valence-electron chi connectivity index (χ4n) is 1.53. The fourth-order valence-corrected chi connectivity index (χ4v) is 1.91. The Morgan fingerprint density at radius 1 is 1.19 bits per heavy atom. The maximum Gasteiger partial charge on any atom is 0.244 e. The number of halogens is 1. The number of amides is 2. The predicted molar refractivity (Wildman–Crippen MR) is 83.5 cm³/mol. The molecule has 0 unspecified atom stereocenters. The molecule has 0 fully saturated rings. The number of carbonyl (C=O) groups excluding carboxylic acids is 2. The van der Waals surface area contributed by atoms with Gasteiger partial charge >= 0.3 is 0 Å². The van der Waals surface area contributed by atoms with Crippen LogP contribution < -0.4 is 10.6 Å². The van der Waals surface area contributed by atoms with E-state index in [0.717, 1.165) is 4.47 Å². The summed E-state index contributed by atoms with van der Waals surface area (Å²) in [7, 11) is 0. The molecule has 1 aromatic heterocycles. The third-order valence-electron chi connectivity index (χ3n) is 2.51. The van der Waals surface area contributed by atoms with Gasteiger partial charge in [-0.1, -0.05) is 12.1 Å². The van der Waals surface area contributed by atoms with Gasteiger partial charge in [0.2, 0.25) is 11.8 Å². The number of hydrogen-bond acceptors (Lipinski definition) is 3. The Hall–Kier alpha value is -2.34. The fraction of sp³-hybridized carbons (Fsp3) is 0.0667. The summed E-state index contributed by atoms with van der Waals surface area (Å²) in [4.78, 5) is 23.2. The van der Waals surface area contributed by atoms with Gasteiger partial charge in [-0.05, 0) is 46.3 Å².